The average molecular weight is 467 g/mol. The molecule has 1 N–H and O–H groups in total. The number of halogens is 1. The van der Waals surface area contributed by atoms with Crippen LogP contribution < -0.4 is 14.8 Å². The topological polar surface area (TPSA) is 95.0 Å². The van der Waals surface area contributed by atoms with Crippen LogP contribution in [0.25, 0.3) is 0 Å². The van der Waals surface area contributed by atoms with Crippen LogP contribution in [0.4, 0.5) is 11.6 Å². The van der Waals surface area contributed by atoms with Crippen LogP contribution in [0, 0.1) is 0 Å². The van der Waals surface area contributed by atoms with E-state index >= 15 is 0 Å². The second-order valence-electron chi connectivity index (χ2n) is 6.23. The van der Waals surface area contributed by atoms with Gasteiger partial charge in [0.25, 0.3) is 0 Å². The maximum absolute atomic E-state index is 11.1. The van der Waals surface area contributed by atoms with Gasteiger partial charge in [0.2, 0.25) is 18.2 Å². The Bertz CT molecular complexity index is 838. The van der Waals surface area contributed by atoms with Gasteiger partial charge in [0.05, 0.1) is 43.2 Å². The molecule has 0 spiro atoms. The van der Waals surface area contributed by atoms with Gasteiger partial charge in [0.15, 0.2) is 0 Å². The molecule has 1 amide bonds. The van der Waals surface area contributed by atoms with Crippen molar-refractivity contribution in [1.29, 1.82) is 0 Å². The second-order valence-corrected chi connectivity index (χ2v) is 7.09. The van der Waals surface area contributed by atoms with Crippen molar-refractivity contribution in [3.8, 4) is 11.6 Å². The van der Waals surface area contributed by atoms with Crippen molar-refractivity contribution in [2.45, 2.75) is 6.10 Å². The average Bonchev–Trinajstić information content (AvgIpc) is 2.76. The Labute approximate surface area is 177 Å². The summed E-state index contributed by atoms with van der Waals surface area (Å²) in [7, 11) is 3.20. The zero-order chi connectivity index (χ0) is 20.6. The van der Waals surface area contributed by atoms with Crippen LogP contribution in [-0.2, 0) is 14.3 Å². The van der Waals surface area contributed by atoms with Gasteiger partial charge < -0.3 is 29.2 Å². The fourth-order valence-electron chi connectivity index (χ4n) is 2.83. The summed E-state index contributed by atoms with van der Waals surface area (Å²) in [4.78, 5) is 21.4. The van der Waals surface area contributed by atoms with E-state index in [2.05, 4.69) is 31.2 Å². The van der Waals surface area contributed by atoms with Gasteiger partial charge in [-0.2, -0.15) is 4.98 Å². The van der Waals surface area contributed by atoms with E-state index in [-0.39, 0.29) is 6.10 Å². The van der Waals surface area contributed by atoms with E-state index < -0.39 is 0 Å². The van der Waals surface area contributed by atoms with Crippen LogP contribution in [0.2, 0.25) is 0 Å². The lowest BCUT2D eigenvalue weighted by Gasteiger charge is -2.30. The Kier molecular flexibility index (Phi) is 7.62. The molecule has 9 nitrogen and oxygen atoms in total. The molecule has 0 aliphatic carbocycles. The smallest absolute Gasteiger partial charge is 0.232 e. The lowest BCUT2D eigenvalue weighted by atomic mass is 10.1. The molecule has 2 heterocycles. The fourth-order valence-corrected chi connectivity index (χ4v) is 3.14. The summed E-state index contributed by atoms with van der Waals surface area (Å²) in [6.45, 7) is 2.45. The Morgan fingerprint density at radius 3 is 3.00 bits per heavy atom. The minimum Gasteiger partial charge on any atom is -0.495 e. The van der Waals surface area contributed by atoms with E-state index in [0.29, 0.717) is 60.6 Å². The van der Waals surface area contributed by atoms with Crippen LogP contribution in [0.3, 0.4) is 0 Å². The number of hydrogen-bond acceptors (Lipinski definition) is 8. The fraction of sp³-hybridized carbons (Fsp3) is 0.421. The number of benzene rings is 1. The first-order chi connectivity index (χ1) is 14.1. The molecule has 1 aliphatic heterocycles. The molecule has 0 saturated carbocycles. The van der Waals surface area contributed by atoms with Gasteiger partial charge in [0, 0.05) is 13.7 Å². The number of anilines is 2. The largest absolute Gasteiger partial charge is 0.495 e. The van der Waals surface area contributed by atoms with E-state index in [0.717, 1.165) is 12.0 Å². The number of carbonyl (C=O) groups excluding carboxylic acids is 1. The molecule has 156 valence electrons. The summed E-state index contributed by atoms with van der Waals surface area (Å²) in [6, 6.07) is 5.68. The number of nitrogens with zero attached hydrogens (tertiary/aromatic N) is 3. The molecule has 1 aliphatic rings. The SMILES string of the molecule is COCCOc1nc(Nc2ccc(C3CN(C=O)CCO3)cc2OC)ncc1Br. The van der Waals surface area contributed by atoms with E-state index in [1.54, 1.807) is 25.3 Å². The van der Waals surface area contributed by atoms with E-state index in [4.69, 9.17) is 18.9 Å². The Hall–Kier alpha value is -2.43. The molecule has 10 heteroatoms. The third kappa shape index (κ3) is 5.55. The quantitative estimate of drug-likeness (QED) is 0.444. The molecule has 2 aromatic rings. The molecular weight excluding hydrogens is 444 g/mol. The molecule has 1 unspecified atom stereocenters. The molecule has 1 saturated heterocycles. The summed E-state index contributed by atoms with van der Waals surface area (Å²) < 4.78 is 22.5. The van der Waals surface area contributed by atoms with Gasteiger partial charge in [-0.25, -0.2) is 4.98 Å². The van der Waals surface area contributed by atoms with Crippen LogP contribution in [0.15, 0.2) is 28.9 Å². The van der Waals surface area contributed by atoms with Crippen molar-refractivity contribution < 1.29 is 23.7 Å². The summed E-state index contributed by atoms with van der Waals surface area (Å²) in [5.74, 6) is 1.40. The molecule has 3 rings (SSSR count). The van der Waals surface area contributed by atoms with Crippen LogP contribution >= 0.6 is 15.9 Å². The lowest BCUT2D eigenvalue weighted by Crippen LogP contribution is -2.37. The number of rotatable bonds is 9. The molecule has 1 fully saturated rings. The normalized spacial score (nSPS) is 16.4. The predicted molar refractivity (Wildman–Crippen MR) is 110 cm³/mol. The number of methoxy groups -OCH3 is 2. The first-order valence-corrected chi connectivity index (χ1v) is 9.84. The van der Waals surface area contributed by atoms with Crippen LogP contribution in [0.1, 0.15) is 11.7 Å². The summed E-state index contributed by atoms with van der Waals surface area (Å²) in [5, 5.41) is 3.14. The van der Waals surface area contributed by atoms with E-state index in [1.807, 2.05) is 18.2 Å². The number of carbonyl (C=O) groups is 1. The lowest BCUT2D eigenvalue weighted by molar-refractivity contribution is -0.125. The summed E-state index contributed by atoms with van der Waals surface area (Å²) >= 11 is 3.37. The number of amides is 1. The van der Waals surface area contributed by atoms with Crippen molar-refractivity contribution in [3.05, 3.63) is 34.4 Å². The zero-order valence-corrected chi connectivity index (χ0v) is 17.8. The highest BCUT2D eigenvalue weighted by atomic mass is 79.9. The van der Waals surface area contributed by atoms with Gasteiger partial charge >= 0.3 is 0 Å². The monoisotopic (exact) mass is 466 g/mol. The predicted octanol–water partition coefficient (Wildman–Crippen LogP) is 2.55. The maximum atomic E-state index is 11.1. The number of hydrogen-bond donors (Lipinski definition) is 1. The second kappa shape index (κ2) is 10.4. The highest BCUT2D eigenvalue weighted by Crippen LogP contribution is 2.33. The third-order valence-electron chi connectivity index (χ3n) is 4.33. The zero-order valence-electron chi connectivity index (χ0n) is 16.3. The van der Waals surface area contributed by atoms with Crippen molar-refractivity contribution in [3.63, 3.8) is 0 Å². The minimum atomic E-state index is -0.193. The third-order valence-corrected chi connectivity index (χ3v) is 4.87. The van der Waals surface area contributed by atoms with Gasteiger partial charge in [0.1, 0.15) is 18.5 Å². The first kappa shape index (κ1) is 21.3. The Balaban J connectivity index is 1.75. The molecule has 29 heavy (non-hydrogen) atoms. The van der Waals surface area contributed by atoms with Crippen LogP contribution in [-0.4, -0.2) is 68.4 Å². The number of aromatic nitrogens is 2. The van der Waals surface area contributed by atoms with Crippen molar-refractivity contribution in [2.75, 3.05) is 52.4 Å². The van der Waals surface area contributed by atoms with E-state index in [9.17, 15) is 4.79 Å². The minimum absolute atomic E-state index is 0.193. The van der Waals surface area contributed by atoms with E-state index in [1.165, 1.54) is 0 Å². The first-order valence-electron chi connectivity index (χ1n) is 9.04. The van der Waals surface area contributed by atoms with Crippen molar-refractivity contribution >= 4 is 34.0 Å². The molecule has 0 bridgehead atoms. The molecule has 1 aromatic carbocycles. The van der Waals surface area contributed by atoms with Gasteiger partial charge in [-0.15, -0.1) is 0 Å². The van der Waals surface area contributed by atoms with Crippen molar-refractivity contribution in [2.24, 2.45) is 0 Å². The standard InChI is InChI=1S/C19H23BrN4O5/c1-26-7-8-29-18-14(20)10-21-19(23-18)22-15-4-3-13(9-16(15)27-2)17-11-24(12-25)5-6-28-17/h3-4,9-10,12,17H,5-8,11H2,1-2H3,(H,21,22,23). The van der Waals surface area contributed by atoms with Gasteiger partial charge in [-0.3, -0.25) is 4.79 Å². The van der Waals surface area contributed by atoms with Crippen LogP contribution in [0.5, 0.6) is 11.6 Å². The Morgan fingerprint density at radius 2 is 2.24 bits per heavy atom. The molecule has 1 atom stereocenters. The summed E-state index contributed by atoms with van der Waals surface area (Å²) in [6.07, 6.45) is 2.27. The molecular formula is C19H23BrN4O5. The molecule has 1 aromatic heterocycles. The number of ether oxygens (including phenoxy) is 4. The highest BCUT2D eigenvalue weighted by molar-refractivity contribution is 9.10. The maximum Gasteiger partial charge on any atom is 0.232 e. The number of morpholine rings is 1. The molecule has 0 radical (unpaired) electrons. The van der Waals surface area contributed by atoms with Gasteiger partial charge in [-0.05, 0) is 33.6 Å². The summed E-state index contributed by atoms with van der Waals surface area (Å²) in [5.41, 5.74) is 1.63. The Morgan fingerprint density at radius 1 is 1.38 bits per heavy atom. The van der Waals surface area contributed by atoms with Gasteiger partial charge in [-0.1, -0.05) is 6.07 Å². The number of nitrogens with one attached hydrogen (secondary N) is 1. The highest BCUT2D eigenvalue weighted by Gasteiger charge is 2.22. The van der Waals surface area contributed by atoms with Crippen molar-refractivity contribution in [1.82, 2.24) is 14.9 Å².